The Hall–Kier alpha value is -2.58. The molecule has 2 aliphatic heterocycles. The molecule has 1 unspecified atom stereocenters. The van der Waals surface area contributed by atoms with E-state index in [1.807, 2.05) is 61.4 Å². The number of likely N-dealkylation sites (N-methyl/N-ethyl adjacent to an activating group) is 1. The summed E-state index contributed by atoms with van der Waals surface area (Å²) in [5.41, 5.74) is 3.81. The van der Waals surface area contributed by atoms with E-state index in [0.717, 1.165) is 65.8 Å². The first kappa shape index (κ1) is 20.7. The van der Waals surface area contributed by atoms with Gasteiger partial charge >= 0.3 is 0 Å². The molecule has 8 heteroatoms. The van der Waals surface area contributed by atoms with Gasteiger partial charge in [-0.2, -0.15) is 0 Å². The van der Waals surface area contributed by atoms with Crippen molar-refractivity contribution in [3.05, 3.63) is 42.7 Å². The zero-order chi connectivity index (χ0) is 21.1. The standard InChI is InChI=1S/C20H23N5O2S.C2H6/c1-23-11-12-27-19-5-4-15(13-17(19)23)28(26)25-14-18(24-9-7-21-8-10-24)20-16(25)3-2-6-22-20;1-2/h2-6,13-14,21H,7-12H2,1H3;1-2H3. The summed E-state index contributed by atoms with van der Waals surface area (Å²) >= 11 is 0. The van der Waals surface area contributed by atoms with Gasteiger partial charge in [0.2, 0.25) is 0 Å². The molecule has 1 aromatic carbocycles. The van der Waals surface area contributed by atoms with Crippen molar-refractivity contribution >= 4 is 33.4 Å². The van der Waals surface area contributed by atoms with Gasteiger partial charge in [-0.25, -0.2) is 4.21 Å². The second kappa shape index (κ2) is 9.06. The molecule has 30 heavy (non-hydrogen) atoms. The predicted molar refractivity (Wildman–Crippen MR) is 123 cm³/mol. The highest BCUT2D eigenvalue weighted by Crippen LogP contribution is 2.34. The molecular weight excluding hydrogens is 398 g/mol. The number of hydrogen-bond acceptors (Lipinski definition) is 6. The van der Waals surface area contributed by atoms with Crippen LogP contribution >= 0.6 is 0 Å². The van der Waals surface area contributed by atoms with Crippen molar-refractivity contribution < 1.29 is 8.95 Å². The average Bonchev–Trinajstić information content (AvgIpc) is 3.20. The Labute approximate surface area is 180 Å². The first-order valence-corrected chi connectivity index (χ1v) is 11.6. The lowest BCUT2D eigenvalue weighted by Gasteiger charge is -2.28. The highest BCUT2D eigenvalue weighted by Gasteiger charge is 2.22. The Kier molecular flexibility index (Phi) is 6.24. The molecule has 1 N–H and O–H groups in total. The summed E-state index contributed by atoms with van der Waals surface area (Å²) < 4.78 is 21.1. The van der Waals surface area contributed by atoms with E-state index in [4.69, 9.17) is 4.74 Å². The van der Waals surface area contributed by atoms with Crippen molar-refractivity contribution in [3.63, 3.8) is 0 Å². The molecule has 2 aromatic heterocycles. The Morgan fingerprint density at radius 2 is 1.90 bits per heavy atom. The van der Waals surface area contributed by atoms with Crippen LogP contribution < -0.4 is 19.9 Å². The number of nitrogens with one attached hydrogen (secondary N) is 1. The second-order valence-corrected chi connectivity index (χ2v) is 8.46. The van der Waals surface area contributed by atoms with Gasteiger partial charge in [0.15, 0.2) is 11.0 Å². The Bertz CT molecular complexity index is 1050. The third kappa shape index (κ3) is 3.77. The van der Waals surface area contributed by atoms with Gasteiger partial charge in [0.1, 0.15) is 17.9 Å². The summed E-state index contributed by atoms with van der Waals surface area (Å²) in [5, 5.41) is 3.38. The van der Waals surface area contributed by atoms with Gasteiger partial charge < -0.3 is 19.9 Å². The maximum Gasteiger partial charge on any atom is 0.157 e. The summed E-state index contributed by atoms with van der Waals surface area (Å²) in [4.78, 5) is 9.80. The SMILES string of the molecule is CC.CN1CCOc2ccc(S(=O)n3cc(N4CCNCC4)c4ncccc43)cc21. The third-order valence-corrected chi connectivity index (χ3v) is 6.69. The maximum absolute atomic E-state index is 13.5. The molecule has 160 valence electrons. The van der Waals surface area contributed by atoms with Crippen molar-refractivity contribution in [1.82, 2.24) is 14.3 Å². The molecule has 0 bridgehead atoms. The lowest BCUT2D eigenvalue weighted by Crippen LogP contribution is -2.43. The quantitative estimate of drug-likeness (QED) is 0.694. The highest BCUT2D eigenvalue weighted by molar-refractivity contribution is 7.83. The van der Waals surface area contributed by atoms with Crippen molar-refractivity contribution in [1.29, 1.82) is 0 Å². The van der Waals surface area contributed by atoms with E-state index in [9.17, 15) is 4.21 Å². The molecule has 0 saturated carbocycles. The van der Waals surface area contributed by atoms with E-state index < -0.39 is 11.0 Å². The van der Waals surface area contributed by atoms with E-state index >= 15 is 0 Å². The monoisotopic (exact) mass is 427 g/mol. The van der Waals surface area contributed by atoms with E-state index in [1.165, 1.54) is 0 Å². The lowest BCUT2D eigenvalue weighted by molar-refractivity contribution is 0.311. The minimum atomic E-state index is -1.37. The van der Waals surface area contributed by atoms with Gasteiger partial charge in [-0.15, -0.1) is 0 Å². The number of hydrogen-bond donors (Lipinski definition) is 1. The van der Waals surface area contributed by atoms with Crippen LogP contribution in [0.15, 0.2) is 47.6 Å². The fourth-order valence-electron chi connectivity index (χ4n) is 3.84. The Morgan fingerprint density at radius 3 is 2.70 bits per heavy atom. The van der Waals surface area contributed by atoms with E-state index in [-0.39, 0.29) is 0 Å². The lowest BCUT2D eigenvalue weighted by atomic mass is 10.2. The third-order valence-electron chi connectivity index (χ3n) is 5.37. The number of benzene rings is 1. The van der Waals surface area contributed by atoms with Crippen LogP contribution in [-0.4, -0.2) is 59.5 Å². The molecule has 5 rings (SSSR count). The summed E-state index contributed by atoms with van der Waals surface area (Å²) in [6.07, 6.45) is 3.78. The van der Waals surface area contributed by atoms with Crippen LogP contribution in [0, 0.1) is 0 Å². The fraction of sp³-hybridized carbons (Fsp3) is 0.409. The number of anilines is 2. The predicted octanol–water partition coefficient (Wildman–Crippen LogP) is 2.87. The Morgan fingerprint density at radius 1 is 1.10 bits per heavy atom. The minimum Gasteiger partial charge on any atom is -0.490 e. The molecule has 2 aliphatic rings. The summed E-state index contributed by atoms with van der Waals surface area (Å²) in [6.45, 7) is 9.23. The summed E-state index contributed by atoms with van der Waals surface area (Å²) in [5.74, 6) is 0.843. The zero-order valence-electron chi connectivity index (χ0n) is 17.8. The van der Waals surface area contributed by atoms with Crippen molar-refractivity contribution in [2.24, 2.45) is 0 Å². The topological polar surface area (TPSA) is 62.6 Å². The van der Waals surface area contributed by atoms with E-state index in [1.54, 1.807) is 6.20 Å². The van der Waals surface area contributed by atoms with Crippen molar-refractivity contribution in [2.75, 3.05) is 56.2 Å². The number of fused-ring (bicyclic) bond motifs is 2. The van der Waals surface area contributed by atoms with Gasteiger partial charge in [0, 0.05) is 45.6 Å². The maximum atomic E-state index is 13.5. The number of rotatable bonds is 3. The molecule has 1 fully saturated rings. The average molecular weight is 428 g/mol. The molecule has 0 radical (unpaired) electrons. The minimum absolute atomic E-state index is 0.674. The summed E-state index contributed by atoms with van der Waals surface area (Å²) in [6, 6.07) is 9.66. The molecule has 4 heterocycles. The van der Waals surface area contributed by atoms with Crippen molar-refractivity contribution in [2.45, 2.75) is 18.7 Å². The van der Waals surface area contributed by atoms with Gasteiger partial charge in [-0.3, -0.25) is 8.96 Å². The van der Waals surface area contributed by atoms with Crippen molar-refractivity contribution in [3.8, 4) is 5.75 Å². The highest BCUT2D eigenvalue weighted by atomic mass is 32.2. The number of pyridine rings is 1. The normalized spacial score (nSPS) is 17.0. The van der Waals surface area contributed by atoms with Crippen LogP contribution in [0.25, 0.3) is 11.0 Å². The zero-order valence-corrected chi connectivity index (χ0v) is 18.6. The van der Waals surface area contributed by atoms with E-state index in [0.29, 0.717) is 6.61 Å². The van der Waals surface area contributed by atoms with Crippen LogP contribution in [0.5, 0.6) is 5.75 Å². The van der Waals surface area contributed by atoms with Gasteiger partial charge in [0.05, 0.1) is 28.3 Å². The van der Waals surface area contributed by atoms with Crippen LogP contribution in [-0.2, 0) is 11.0 Å². The summed E-state index contributed by atoms with van der Waals surface area (Å²) in [7, 11) is 0.667. The molecule has 1 atom stereocenters. The number of piperazine rings is 1. The van der Waals surface area contributed by atoms with Crippen LogP contribution in [0.3, 0.4) is 0 Å². The van der Waals surface area contributed by atoms with Crippen LogP contribution in [0.2, 0.25) is 0 Å². The second-order valence-electron chi connectivity index (χ2n) is 7.10. The first-order chi connectivity index (χ1) is 14.7. The number of nitrogens with zero attached hydrogens (tertiary/aromatic N) is 4. The molecule has 0 amide bonds. The molecule has 0 aliphatic carbocycles. The van der Waals surface area contributed by atoms with E-state index in [2.05, 4.69) is 20.1 Å². The van der Waals surface area contributed by atoms with Gasteiger partial charge in [0.25, 0.3) is 0 Å². The molecular formula is C22H29N5O2S. The van der Waals surface area contributed by atoms with Gasteiger partial charge in [-0.05, 0) is 30.3 Å². The molecule has 3 aromatic rings. The molecule has 0 spiro atoms. The van der Waals surface area contributed by atoms with Crippen LogP contribution in [0.4, 0.5) is 11.4 Å². The van der Waals surface area contributed by atoms with Crippen LogP contribution in [0.1, 0.15) is 13.8 Å². The fourth-order valence-corrected chi connectivity index (χ4v) is 4.99. The van der Waals surface area contributed by atoms with Gasteiger partial charge in [-0.1, -0.05) is 13.8 Å². The molecule has 7 nitrogen and oxygen atoms in total. The molecule has 1 saturated heterocycles. The number of ether oxygens (including phenoxy) is 1. The Balaban J connectivity index is 0.00000106. The smallest absolute Gasteiger partial charge is 0.157 e. The number of aromatic nitrogens is 2. The largest absolute Gasteiger partial charge is 0.490 e. The first-order valence-electron chi connectivity index (χ1n) is 10.5.